The summed E-state index contributed by atoms with van der Waals surface area (Å²) >= 11 is 0. The number of hydrogen-bond donors (Lipinski definition) is 3. The van der Waals surface area contributed by atoms with E-state index in [1.807, 2.05) is 30.3 Å². The number of pyridine rings is 1. The average Bonchev–Trinajstić information content (AvgIpc) is 3.43. The number of rotatable bonds is 3. The maximum Gasteiger partial charge on any atom is 0.161 e. The van der Waals surface area contributed by atoms with E-state index in [9.17, 15) is 4.39 Å². The topological polar surface area (TPSA) is 82.3 Å². The first-order valence-electron chi connectivity index (χ1n) is 10.3. The molecule has 1 aliphatic heterocycles. The summed E-state index contributed by atoms with van der Waals surface area (Å²) < 4.78 is 13.4. The molecule has 31 heavy (non-hydrogen) atoms. The number of fused-ring (bicyclic) bond motifs is 2. The van der Waals surface area contributed by atoms with Crippen molar-refractivity contribution in [3.63, 3.8) is 0 Å². The Labute approximate surface area is 177 Å². The third kappa shape index (κ3) is 3.10. The Kier molecular flexibility index (Phi) is 4.14. The maximum absolute atomic E-state index is 13.4. The number of halogens is 1. The molecule has 0 radical (unpaired) electrons. The zero-order valence-corrected chi connectivity index (χ0v) is 16.6. The molecular formula is C24H19FN6. The van der Waals surface area contributed by atoms with E-state index < -0.39 is 0 Å². The second-order valence-corrected chi connectivity index (χ2v) is 7.64. The molecular weight excluding hydrogens is 391 g/mol. The van der Waals surface area contributed by atoms with Gasteiger partial charge in [0, 0.05) is 12.1 Å². The van der Waals surface area contributed by atoms with E-state index >= 15 is 0 Å². The van der Waals surface area contributed by atoms with Gasteiger partial charge in [-0.2, -0.15) is 5.10 Å². The lowest BCUT2D eigenvalue weighted by atomic mass is 10.0. The first-order chi connectivity index (χ1) is 15.3. The summed E-state index contributed by atoms with van der Waals surface area (Å²) in [4.78, 5) is 13.1. The summed E-state index contributed by atoms with van der Waals surface area (Å²) in [5.74, 6) is 0.395. The molecule has 5 aromatic rings. The molecule has 2 aromatic carbocycles. The molecule has 152 valence electrons. The first kappa shape index (κ1) is 18.0. The number of para-hydroxylation sites is 1. The normalized spacial score (nSPS) is 14.3. The Hall–Kier alpha value is -3.84. The summed E-state index contributed by atoms with van der Waals surface area (Å²) in [6.07, 6.45) is 3.14. The SMILES string of the molecule is Fc1ccc(-c2cccc3[nH]c(-c4n[nH]c5ccc(C6=CCNCC6)nc45)nc23)cc1. The molecule has 4 heterocycles. The number of nitrogens with one attached hydrogen (secondary N) is 3. The van der Waals surface area contributed by atoms with Crippen molar-refractivity contribution in [3.8, 4) is 22.6 Å². The van der Waals surface area contributed by atoms with Gasteiger partial charge in [0.15, 0.2) is 11.5 Å². The van der Waals surface area contributed by atoms with Gasteiger partial charge in [-0.1, -0.05) is 30.3 Å². The van der Waals surface area contributed by atoms with E-state index in [0.717, 1.165) is 58.4 Å². The third-order valence-corrected chi connectivity index (χ3v) is 5.69. The van der Waals surface area contributed by atoms with Gasteiger partial charge in [-0.05, 0) is 54.4 Å². The van der Waals surface area contributed by atoms with Crippen LogP contribution in [0, 0.1) is 5.82 Å². The minimum absolute atomic E-state index is 0.257. The maximum atomic E-state index is 13.4. The Morgan fingerprint density at radius 2 is 1.77 bits per heavy atom. The lowest BCUT2D eigenvalue weighted by molar-refractivity contribution is 0.628. The van der Waals surface area contributed by atoms with Crippen molar-refractivity contribution in [2.75, 3.05) is 13.1 Å². The predicted molar refractivity (Wildman–Crippen MR) is 120 cm³/mol. The number of imidazole rings is 1. The fourth-order valence-electron chi connectivity index (χ4n) is 4.10. The van der Waals surface area contributed by atoms with Crippen LogP contribution in [-0.2, 0) is 0 Å². The molecule has 0 fully saturated rings. The van der Waals surface area contributed by atoms with Gasteiger partial charge in [0.1, 0.15) is 11.3 Å². The van der Waals surface area contributed by atoms with Crippen molar-refractivity contribution in [3.05, 3.63) is 72.2 Å². The fourth-order valence-corrected chi connectivity index (χ4v) is 4.10. The first-order valence-corrected chi connectivity index (χ1v) is 10.3. The van der Waals surface area contributed by atoms with E-state index in [4.69, 9.17) is 9.97 Å². The molecule has 6 rings (SSSR count). The number of aromatic nitrogens is 5. The van der Waals surface area contributed by atoms with Crippen LogP contribution < -0.4 is 5.32 Å². The lowest BCUT2D eigenvalue weighted by Gasteiger charge is -2.13. The van der Waals surface area contributed by atoms with E-state index in [1.165, 1.54) is 17.7 Å². The molecule has 6 nitrogen and oxygen atoms in total. The molecule has 0 saturated heterocycles. The van der Waals surface area contributed by atoms with Crippen LogP contribution in [0.2, 0.25) is 0 Å². The molecule has 0 atom stereocenters. The summed E-state index contributed by atoms with van der Waals surface area (Å²) in [7, 11) is 0. The van der Waals surface area contributed by atoms with Crippen LogP contribution in [0.1, 0.15) is 12.1 Å². The number of benzene rings is 2. The molecule has 0 spiro atoms. The van der Waals surface area contributed by atoms with E-state index in [-0.39, 0.29) is 5.82 Å². The van der Waals surface area contributed by atoms with Crippen LogP contribution >= 0.6 is 0 Å². The summed E-state index contributed by atoms with van der Waals surface area (Å²) in [6, 6.07) is 16.4. The van der Waals surface area contributed by atoms with Crippen LogP contribution in [0.4, 0.5) is 4.39 Å². The van der Waals surface area contributed by atoms with Gasteiger partial charge >= 0.3 is 0 Å². The van der Waals surface area contributed by atoms with Gasteiger partial charge < -0.3 is 10.3 Å². The standard InChI is InChI=1S/C24H19FN6/c25-16-6-4-14(5-7-16)17-2-1-3-19-21(17)29-24(28-19)23-22-20(30-31-23)9-8-18(27-22)15-10-12-26-13-11-15/h1-10,26H,11-13H2,(H,28,29)(H,30,31). The second-order valence-electron chi connectivity index (χ2n) is 7.64. The number of hydrogen-bond acceptors (Lipinski definition) is 4. The number of aromatic amines is 2. The van der Waals surface area contributed by atoms with Crippen molar-refractivity contribution in [1.29, 1.82) is 0 Å². The van der Waals surface area contributed by atoms with Gasteiger partial charge in [-0.15, -0.1) is 0 Å². The lowest BCUT2D eigenvalue weighted by Crippen LogP contribution is -2.20. The number of H-pyrrole nitrogens is 2. The predicted octanol–water partition coefficient (Wildman–Crippen LogP) is 4.68. The Balaban J connectivity index is 1.48. The van der Waals surface area contributed by atoms with Crippen LogP contribution in [0.5, 0.6) is 0 Å². The van der Waals surface area contributed by atoms with E-state index in [0.29, 0.717) is 11.5 Å². The highest BCUT2D eigenvalue weighted by Gasteiger charge is 2.17. The number of nitrogens with zero attached hydrogens (tertiary/aromatic N) is 3. The minimum Gasteiger partial charge on any atom is -0.336 e. The largest absolute Gasteiger partial charge is 0.336 e. The van der Waals surface area contributed by atoms with Crippen LogP contribution in [0.3, 0.4) is 0 Å². The van der Waals surface area contributed by atoms with Crippen molar-refractivity contribution in [1.82, 2.24) is 30.5 Å². The zero-order chi connectivity index (χ0) is 20.8. The molecule has 3 aromatic heterocycles. The molecule has 0 bridgehead atoms. The van der Waals surface area contributed by atoms with Crippen molar-refractivity contribution in [2.24, 2.45) is 0 Å². The van der Waals surface area contributed by atoms with Gasteiger partial charge in [0.2, 0.25) is 0 Å². The van der Waals surface area contributed by atoms with Crippen molar-refractivity contribution in [2.45, 2.75) is 6.42 Å². The van der Waals surface area contributed by atoms with Gasteiger partial charge in [-0.3, -0.25) is 5.10 Å². The Morgan fingerprint density at radius 1 is 0.871 bits per heavy atom. The zero-order valence-electron chi connectivity index (χ0n) is 16.6. The van der Waals surface area contributed by atoms with Crippen molar-refractivity contribution >= 4 is 27.6 Å². The smallest absolute Gasteiger partial charge is 0.161 e. The molecule has 0 aliphatic carbocycles. The van der Waals surface area contributed by atoms with Gasteiger partial charge in [0.05, 0.1) is 22.2 Å². The molecule has 1 aliphatic rings. The molecule has 3 N–H and O–H groups in total. The summed E-state index contributed by atoms with van der Waals surface area (Å²) in [5, 5.41) is 10.9. The molecule has 7 heteroatoms. The van der Waals surface area contributed by atoms with Crippen LogP contribution in [0.15, 0.2) is 60.7 Å². The quantitative estimate of drug-likeness (QED) is 0.403. The summed E-state index contributed by atoms with van der Waals surface area (Å²) in [6.45, 7) is 1.82. The Morgan fingerprint density at radius 3 is 2.61 bits per heavy atom. The van der Waals surface area contributed by atoms with E-state index in [2.05, 4.69) is 26.6 Å². The Bertz CT molecular complexity index is 1440. The van der Waals surface area contributed by atoms with Crippen LogP contribution in [-0.4, -0.2) is 38.2 Å². The minimum atomic E-state index is -0.257. The van der Waals surface area contributed by atoms with Crippen molar-refractivity contribution < 1.29 is 4.39 Å². The van der Waals surface area contributed by atoms with E-state index in [1.54, 1.807) is 12.1 Å². The second kappa shape index (κ2) is 7.14. The van der Waals surface area contributed by atoms with Gasteiger partial charge in [0.25, 0.3) is 0 Å². The van der Waals surface area contributed by atoms with Crippen LogP contribution in [0.25, 0.3) is 50.3 Å². The monoisotopic (exact) mass is 410 g/mol. The van der Waals surface area contributed by atoms with Gasteiger partial charge in [-0.25, -0.2) is 14.4 Å². The highest BCUT2D eigenvalue weighted by molar-refractivity contribution is 5.96. The third-order valence-electron chi connectivity index (χ3n) is 5.69. The fraction of sp³-hybridized carbons (Fsp3) is 0.125. The molecule has 0 amide bonds. The molecule has 0 saturated carbocycles. The highest BCUT2D eigenvalue weighted by Crippen LogP contribution is 2.31. The summed E-state index contributed by atoms with van der Waals surface area (Å²) in [5.41, 5.74) is 8.13. The highest BCUT2D eigenvalue weighted by atomic mass is 19.1. The average molecular weight is 410 g/mol. The molecule has 0 unspecified atom stereocenters.